The van der Waals surface area contributed by atoms with E-state index in [1.807, 2.05) is 6.26 Å². The van der Waals surface area contributed by atoms with Crippen LogP contribution in [0.1, 0.15) is 24.8 Å². The normalized spacial score (nSPS) is 14.3. The van der Waals surface area contributed by atoms with Crippen LogP contribution in [0.5, 0.6) is 0 Å². The van der Waals surface area contributed by atoms with E-state index >= 15 is 0 Å². The summed E-state index contributed by atoms with van der Waals surface area (Å²) in [6.07, 6.45) is -0.603. The number of thioether (sulfide) groups is 1. The minimum absolute atomic E-state index is 0.255. The van der Waals surface area contributed by atoms with Crippen LogP contribution in [0.2, 0.25) is 0 Å². The predicted molar refractivity (Wildman–Crippen MR) is 92.7 cm³/mol. The zero-order chi connectivity index (χ0) is 19.5. The van der Waals surface area contributed by atoms with E-state index in [0.29, 0.717) is 31.6 Å². The third-order valence-corrected chi connectivity index (χ3v) is 4.76. The molecular weight excluding hydrogens is 375 g/mol. The van der Waals surface area contributed by atoms with Crippen LogP contribution in [0.4, 0.5) is 30.2 Å². The topological polar surface area (TPSA) is 89.5 Å². The highest BCUT2D eigenvalue weighted by Gasteiger charge is 2.40. The summed E-state index contributed by atoms with van der Waals surface area (Å²) in [5.41, 5.74) is -3.48. The van der Waals surface area contributed by atoms with Crippen molar-refractivity contribution in [2.45, 2.75) is 25.4 Å². The predicted octanol–water partition coefficient (Wildman–Crippen LogP) is 4.49. The van der Waals surface area contributed by atoms with Crippen molar-refractivity contribution >= 4 is 28.8 Å². The summed E-state index contributed by atoms with van der Waals surface area (Å²) in [5.74, 6) is 0.995. The first-order valence-corrected chi connectivity index (χ1v) is 9.32. The van der Waals surface area contributed by atoms with Crippen molar-refractivity contribution in [3.8, 4) is 0 Å². The third kappa shape index (κ3) is 4.99. The lowest BCUT2D eigenvalue weighted by molar-refractivity contribution is -0.393. The van der Waals surface area contributed by atoms with Crippen LogP contribution in [0.25, 0.3) is 0 Å². The number of hydrogen-bond donors (Lipinski definition) is 0. The molecule has 1 fully saturated rings. The highest BCUT2D eigenvalue weighted by atomic mass is 32.2. The van der Waals surface area contributed by atoms with Crippen molar-refractivity contribution < 1.29 is 23.0 Å². The summed E-state index contributed by atoms with van der Waals surface area (Å²) in [7, 11) is 0. The Morgan fingerprint density at radius 3 is 2.12 bits per heavy atom. The van der Waals surface area contributed by atoms with Gasteiger partial charge in [-0.3, -0.25) is 20.2 Å². The van der Waals surface area contributed by atoms with Crippen LogP contribution in [-0.2, 0) is 6.18 Å². The highest BCUT2D eigenvalue weighted by Crippen LogP contribution is 2.44. The molecule has 144 valence electrons. The fourth-order valence-corrected chi connectivity index (χ4v) is 3.09. The van der Waals surface area contributed by atoms with Gasteiger partial charge in [-0.1, -0.05) is 0 Å². The van der Waals surface area contributed by atoms with Crippen molar-refractivity contribution in [3.63, 3.8) is 0 Å². The molecule has 11 heteroatoms. The van der Waals surface area contributed by atoms with Gasteiger partial charge in [0.15, 0.2) is 5.69 Å². The smallest absolute Gasteiger partial charge is 0.360 e. The Morgan fingerprint density at radius 1 is 1.19 bits per heavy atom. The number of halogens is 3. The molecular formula is C15H18F3N3O4S. The average Bonchev–Trinajstić information content (AvgIpc) is 3.36. The fourth-order valence-electron chi connectivity index (χ4n) is 2.68. The van der Waals surface area contributed by atoms with Gasteiger partial charge >= 0.3 is 6.18 Å². The first-order valence-electron chi connectivity index (χ1n) is 7.93. The van der Waals surface area contributed by atoms with Gasteiger partial charge in [0.05, 0.1) is 15.4 Å². The van der Waals surface area contributed by atoms with Gasteiger partial charge in [-0.2, -0.15) is 24.9 Å². The Balaban J connectivity index is 2.57. The summed E-state index contributed by atoms with van der Waals surface area (Å²) in [6, 6.07) is 0.771. The molecule has 26 heavy (non-hydrogen) atoms. The van der Waals surface area contributed by atoms with Crippen molar-refractivity contribution in [1.29, 1.82) is 0 Å². The Bertz CT molecular complexity index is 660. The molecule has 1 aliphatic rings. The maximum Gasteiger partial charge on any atom is 0.416 e. The van der Waals surface area contributed by atoms with Gasteiger partial charge in [0.1, 0.15) is 0 Å². The van der Waals surface area contributed by atoms with Crippen LogP contribution in [-0.4, -0.2) is 34.9 Å². The summed E-state index contributed by atoms with van der Waals surface area (Å²) in [5, 5.41) is 22.8. The standard InChI is InChI=1S/C15H18F3N3O4S/c1-26-6-2-5-19(9-10-3-4-10)14-12(20(22)23)7-11(15(16,17)18)8-13(14)21(24)25/h7-8,10H,2-6,9H2,1H3. The molecule has 1 saturated carbocycles. The number of nitro groups is 2. The lowest BCUT2D eigenvalue weighted by Gasteiger charge is -2.24. The molecule has 7 nitrogen and oxygen atoms in total. The Kier molecular flexibility index (Phi) is 6.32. The number of rotatable bonds is 9. The molecule has 0 radical (unpaired) electrons. The number of benzene rings is 1. The second-order valence-corrected chi connectivity index (χ2v) is 7.10. The van der Waals surface area contributed by atoms with Crippen molar-refractivity contribution in [3.05, 3.63) is 37.9 Å². The number of nitrogens with zero attached hydrogens (tertiary/aromatic N) is 3. The van der Waals surface area contributed by atoms with Gasteiger partial charge in [-0.15, -0.1) is 0 Å². The second kappa shape index (κ2) is 8.11. The van der Waals surface area contributed by atoms with E-state index in [2.05, 4.69) is 0 Å². The molecule has 0 heterocycles. The number of hydrogen-bond acceptors (Lipinski definition) is 6. The van der Waals surface area contributed by atoms with Crippen molar-refractivity contribution in [2.75, 3.05) is 30.0 Å². The summed E-state index contributed by atoms with van der Waals surface area (Å²) >= 11 is 1.56. The Labute approximate surface area is 151 Å². The molecule has 2 rings (SSSR count). The van der Waals surface area contributed by atoms with Crippen molar-refractivity contribution in [2.24, 2.45) is 5.92 Å². The summed E-state index contributed by atoms with van der Waals surface area (Å²) < 4.78 is 39.0. The number of nitro benzene ring substituents is 2. The zero-order valence-electron chi connectivity index (χ0n) is 14.0. The van der Waals surface area contributed by atoms with E-state index in [-0.39, 0.29) is 11.6 Å². The largest absolute Gasteiger partial charge is 0.416 e. The maximum atomic E-state index is 13.0. The number of alkyl halides is 3. The molecule has 0 amide bonds. The Hall–Kier alpha value is -2.04. The molecule has 0 N–H and O–H groups in total. The first kappa shape index (κ1) is 20.3. The summed E-state index contributed by atoms with van der Waals surface area (Å²) in [4.78, 5) is 22.3. The van der Waals surface area contributed by atoms with Crippen LogP contribution in [0, 0.1) is 26.1 Å². The molecule has 0 bridgehead atoms. The lowest BCUT2D eigenvalue weighted by Crippen LogP contribution is -2.29. The molecule has 1 aromatic carbocycles. The monoisotopic (exact) mass is 393 g/mol. The van der Waals surface area contributed by atoms with Crippen LogP contribution < -0.4 is 4.90 Å². The second-order valence-electron chi connectivity index (χ2n) is 6.11. The molecule has 0 saturated heterocycles. The fraction of sp³-hybridized carbons (Fsp3) is 0.600. The maximum absolute atomic E-state index is 13.0. The quantitative estimate of drug-likeness (QED) is 0.349. The van der Waals surface area contributed by atoms with E-state index in [4.69, 9.17) is 0 Å². The molecule has 0 aromatic heterocycles. The summed E-state index contributed by atoms with van der Waals surface area (Å²) in [6.45, 7) is 0.672. The van der Waals surface area contributed by atoms with E-state index in [1.54, 1.807) is 11.8 Å². The minimum Gasteiger partial charge on any atom is -0.360 e. The first-order chi connectivity index (χ1) is 12.1. The van der Waals surface area contributed by atoms with E-state index in [1.165, 1.54) is 4.90 Å². The highest BCUT2D eigenvalue weighted by molar-refractivity contribution is 7.98. The van der Waals surface area contributed by atoms with Crippen molar-refractivity contribution in [1.82, 2.24) is 0 Å². The molecule has 0 aliphatic heterocycles. The molecule has 0 spiro atoms. The van der Waals surface area contributed by atoms with Gasteiger partial charge in [-0.25, -0.2) is 0 Å². The lowest BCUT2D eigenvalue weighted by atomic mass is 10.1. The van der Waals surface area contributed by atoms with Gasteiger partial charge in [0, 0.05) is 25.2 Å². The zero-order valence-corrected chi connectivity index (χ0v) is 14.8. The van der Waals surface area contributed by atoms with E-state index < -0.39 is 33.0 Å². The van der Waals surface area contributed by atoms with Crippen LogP contribution in [0.15, 0.2) is 12.1 Å². The number of anilines is 1. The third-order valence-electron chi connectivity index (χ3n) is 4.06. The van der Waals surface area contributed by atoms with Gasteiger partial charge in [0.25, 0.3) is 11.4 Å². The van der Waals surface area contributed by atoms with Gasteiger partial charge in [-0.05, 0) is 37.2 Å². The molecule has 1 aliphatic carbocycles. The van der Waals surface area contributed by atoms with E-state index in [9.17, 15) is 33.4 Å². The minimum atomic E-state index is -4.91. The molecule has 0 atom stereocenters. The average molecular weight is 393 g/mol. The SMILES string of the molecule is CSCCCN(CC1CC1)c1c([N+](=O)[O-])cc(C(F)(F)F)cc1[N+](=O)[O-]. The van der Waals surface area contributed by atoms with Crippen LogP contribution in [0.3, 0.4) is 0 Å². The molecule has 0 unspecified atom stereocenters. The Morgan fingerprint density at radius 2 is 1.73 bits per heavy atom. The van der Waals surface area contributed by atoms with Crippen LogP contribution >= 0.6 is 11.8 Å². The van der Waals surface area contributed by atoms with Gasteiger partial charge < -0.3 is 4.90 Å². The molecule has 1 aromatic rings. The van der Waals surface area contributed by atoms with Gasteiger partial charge in [0.2, 0.25) is 0 Å². The van der Waals surface area contributed by atoms with E-state index in [0.717, 1.165) is 18.6 Å².